The van der Waals surface area contributed by atoms with Gasteiger partial charge in [0.25, 0.3) is 5.91 Å². The Morgan fingerprint density at radius 3 is 2.28 bits per heavy atom. The number of primary sulfonamides is 1. The number of carbonyl (C=O) groups excluding carboxylic acids is 1. The molecule has 1 aromatic heterocycles. The van der Waals surface area contributed by atoms with Crippen LogP contribution in [0.1, 0.15) is 41.7 Å². The number of hydrogen-bond donors (Lipinski definition) is 3. The summed E-state index contributed by atoms with van der Waals surface area (Å²) in [4.78, 5) is 12.7. The van der Waals surface area contributed by atoms with Crippen LogP contribution in [0, 0.1) is 6.92 Å². The van der Waals surface area contributed by atoms with E-state index in [4.69, 9.17) is 10.9 Å². The Kier molecular flexibility index (Phi) is 7.79. The van der Waals surface area contributed by atoms with Crippen LogP contribution in [0.25, 0.3) is 16.9 Å². The molecule has 0 atom stereocenters. The zero-order valence-corrected chi connectivity index (χ0v) is 18.9. The van der Waals surface area contributed by atoms with E-state index in [-0.39, 0.29) is 16.5 Å². The van der Waals surface area contributed by atoms with Gasteiger partial charge in [-0.25, -0.2) is 18.2 Å². The third-order valence-electron chi connectivity index (χ3n) is 5.12. The molecule has 0 saturated heterocycles. The average molecular weight is 456 g/mol. The van der Waals surface area contributed by atoms with Crippen LogP contribution in [0.3, 0.4) is 0 Å². The molecule has 3 rings (SSSR count). The summed E-state index contributed by atoms with van der Waals surface area (Å²) < 4.78 is 24.8. The van der Waals surface area contributed by atoms with E-state index >= 15 is 0 Å². The summed E-state index contributed by atoms with van der Waals surface area (Å²) in [7, 11) is -3.80. The number of sulfonamides is 1. The minimum Gasteiger partial charge on any atom is -0.351 e. The molecule has 0 aliphatic heterocycles. The second-order valence-corrected chi connectivity index (χ2v) is 9.25. The lowest BCUT2D eigenvalue weighted by molar-refractivity contribution is 0.0947. The highest BCUT2D eigenvalue weighted by atomic mass is 32.2. The Labute approximate surface area is 188 Å². The Bertz CT molecular complexity index is 1150. The molecule has 5 N–H and O–H groups in total. The summed E-state index contributed by atoms with van der Waals surface area (Å²) in [5.41, 5.74) is 9.14. The van der Waals surface area contributed by atoms with Gasteiger partial charge < -0.3 is 11.1 Å². The number of rotatable bonds is 10. The molecule has 0 saturated carbocycles. The van der Waals surface area contributed by atoms with Crippen molar-refractivity contribution in [2.24, 2.45) is 10.9 Å². The average Bonchev–Trinajstić information content (AvgIpc) is 3.21. The fraction of sp³-hybridized carbons (Fsp3) is 0.304. The third kappa shape index (κ3) is 6.03. The number of unbranched alkanes of at least 4 members (excludes halogenated alkanes) is 3. The first kappa shape index (κ1) is 23.6. The quantitative estimate of drug-likeness (QED) is 0.404. The molecule has 0 fully saturated rings. The number of aryl methyl sites for hydroxylation is 1. The number of amides is 1. The molecule has 3 aromatic rings. The zero-order valence-electron chi connectivity index (χ0n) is 18.1. The maximum atomic E-state index is 12.7. The second kappa shape index (κ2) is 10.5. The minimum absolute atomic E-state index is 0.0119. The lowest BCUT2D eigenvalue weighted by Crippen LogP contribution is -2.25. The van der Waals surface area contributed by atoms with Crippen LogP contribution in [0.2, 0.25) is 0 Å². The summed E-state index contributed by atoms with van der Waals surface area (Å²) >= 11 is 0. The number of nitrogens with two attached hydrogens (primary N) is 2. The minimum atomic E-state index is -3.80. The smallest absolute Gasteiger partial charge is 0.271 e. The van der Waals surface area contributed by atoms with Crippen molar-refractivity contribution in [1.29, 1.82) is 0 Å². The summed E-state index contributed by atoms with van der Waals surface area (Å²) in [6.45, 7) is 3.25. The van der Waals surface area contributed by atoms with Gasteiger partial charge in [-0.15, -0.1) is 0 Å². The number of nitrogens with one attached hydrogen (secondary N) is 1. The first-order valence-corrected chi connectivity index (χ1v) is 12.1. The normalized spacial score (nSPS) is 11.5. The highest BCUT2D eigenvalue weighted by Gasteiger charge is 2.17. The lowest BCUT2D eigenvalue weighted by Gasteiger charge is -2.08. The van der Waals surface area contributed by atoms with Gasteiger partial charge in [0.05, 0.1) is 16.3 Å². The standard InChI is InChI=1S/C23H29N5O3S/c1-17-6-8-18(9-7-17)22-16-21(23(29)26-15-5-3-2-4-14-24)27-28(22)19-10-12-20(13-11-19)32(25,30)31/h6-13,16H,2-5,14-15,24H2,1H3,(H,26,29)(H2,25,30,31). The van der Waals surface area contributed by atoms with Crippen molar-refractivity contribution in [1.82, 2.24) is 15.1 Å². The molecule has 8 nitrogen and oxygen atoms in total. The number of nitrogens with zero attached hydrogens (tertiary/aromatic N) is 2. The van der Waals surface area contributed by atoms with Gasteiger partial charge in [0.15, 0.2) is 5.69 Å². The number of benzene rings is 2. The molecule has 9 heteroatoms. The number of hydrogen-bond acceptors (Lipinski definition) is 5. The molecular formula is C23H29N5O3S. The van der Waals surface area contributed by atoms with Crippen LogP contribution >= 0.6 is 0 Å². The van der Waals surface area contributed by atoms with E-state index < -0.39 is 10.0 Å². The SMILES string of the molecule is Cc1ccc(-c2cc(C(=O)NCCCCCCN)nn2-c2ccc(S(N)(=O)=O)cc2)cc1. The van der Waals surface area contributed by atoms with Crippen molar-refractivity contribution < 1.29 is 13.2 Å². The predicted molar refractivity (Wildman–Crippen MR) is 125 cm³/mol. The molecule has 0 aliphatic carbocycles. The molecule has 32 heavy (non-hydrogen) atoms. The van der Waals surface area contributed by atoms with Gasteiger partial charge in [-0.05, 0) is 56.6 Å². The molecule has 0 unspecified atom stereocenters. The van der Waals surface area contributed by atoms with E-state index in [0.717, 1.165) is 42.5 Å². The van der Waals surface area contributed by atoms with Crippen molar-refractivity contribution >= 4 is 15.9 Å². The number of carbonyl (C=O) groups is 1. The van der Waals surface area contributed by atoms with E-state index in [1.807, 2.05) is 31.2 Å². The molecular weight excluding hydrogens is 426 g/mol. The summed E-state index contributed by atoms with van der Waals surface area (Å²) in [6, 6.07) is 15.7. The topological polar surface area (TPSA) is 133 Å². The van der Waals surface area contributed by atoms with Crippen LogP contribution in [-0.2, 0) is 10.0 Å². The lowest BCUT2D eigenvalue weighted by atomic mass is 10.1. The monoisotopic (exact) mass is 455 g/mol. The van der Waals surface area contributed by atoms with Crippen molar-refractivity contribution in [3.05, 3.63) is 65.9 Å². The molecule has 0 radical (unpaired) electrons. The van der Waals surface area contributed by atoms with E-state index in [1.54, 1.807) is 22.9 Å². The Hall–Kier alpha value is -3.01. The first-order valence-electron chi connectivity index (χ1n) is 10.6. The Morgan fingerprint density at radius 1 is 1.00 bits per heavy atom. The van der Waals surface area contributed by atoms with Gasteiger partial charge in [-0.1, -0.05) is 42.7 Å². The van der Waals surface area contributed by atoms with Crippen LogP contribution in [-0.4, -0.2) is 37.2 Å². The first-order chi connectivity index (χ1) is 15.3. The van der Waals surface area contributed by atoms with Gasteiger partial charge in [0.2, 0.25) is 10.0 Å². The van der Waals surface area contributed by atoms with Crippen LogP contribution in [0.4, 0.5) is 0 Å². The maximum absolute atomic E-state index is 12.7. The summed E-state index contributed by atoms with van der Waals surface area (Å²) in [5, 5.41) is 12.6. The third-order valence-corrected chi connectivity index (χ3v) is 6.04. The fourth-order valence-electron chi connectivity index (χ4n) is 3.31. The number of aromatic nitrogens is 2. The molecule has 1 amide bonds. The molecule has 0 bridgehead atoms. The van der Waals surface area contributed by atoms with E-state index in [1.165, 1.54) is 12.1 Å². The van der Waals surface area contributed by atoms with Gasteiger partial charge in [0, 0.05) is 12.1 Å². The molecule has 2 aromatic carbocycles. The van der Waals surface area contributed by atoms with Crippen LogP contribution in [0.15, 0.2) is 59.5 Å². The zero-order chi connectivity index (χ0) is 23.1. The second-order valence-electron chi connectivity index (χ2n) is 7.69. The van der Waals surface area contributed by atoms with Crippen molar-refractivity contribution in [2.75, 3.05) is 13.1 Å². The van der Waals surface area contributed by atoms with Crippen molar-refractivity contribution in [3.63, 3.8) is 0 Å². The Morgan fingerprint density at radius 2 is 1.66 bits per heavy atom. The van der Waals surface area contributed by atoms with Crippen LogP contribution < -0.4 is 16.2 Å². The largest absolute Gasteiger partial charge is 0.351 e. The summed E-state index contributed by atoms with van der Waals surface area (Å²) in [5.74, 6) is -0.253. The Balaban J connectivity index is 1.87. The van der Waals surface area contributed by atoms with Gasteiger partial charge in [-0.3, -0.25) is 4.79 Å². The highest BCUT2D eigenvalue weighted by Crippen LogP contribution is 2.25. The van der Waals surface area contributed by atoms with Crippen LogP contribution in [0.5, 0.6) is 0 Å². The van der Waals surface area contributed by atoms with Crippen molar-refractivity contribution in [3.8, 4) is 16.9 Å². The molecule has 170 valence electrons. The van der Waals surface area contributed by atoms with Gasteiger partial charge >= 0.3 is 0 Å². The molecule has 0 aliphatic rings. The van der Waals surface area contributed by atoms with E-state index in [2.05, 4.69) is 10.4 Å². The van der Waals surface area contributed by atoms with E-state index in [9.17, 15) is 13.2 Å². The van der Waals surface area contributed by atoms with Crippen molar-refractivity contribution in [2.45, 2.75) is 37.5 Å². The van der Waals surface area contributed by atoms with E-state index in [0.29, 0.717) is 18.8 Å². The van der Waals surface area contributed by atoms with Gasteiger partial charge in [-0.2, -0.15) is 5.10 Å². The van der Waals surface area contributed by atoms with Gasteiger partial charge in [0.1, 0.15) is 0 Å². The predicted octanol–water partition coefficient (Wildman–Crippen LogP) is 2.74. The molecule has 1 heterocycles. The molecule has 0 spiro atoms. The summed E-state index contributed by atoms with van der Waals surface area (Å²) in [6.07, 6.45) is 3.93. The highest BCUT2D eigenvalue weighted by molar-refractivity contribution is 7.89. The maximum Gasteiger partial charge on any atom is 0.271 e. The fourth-order valence-corrected chi connectivity index (χ4v) is 3.83.